The zero-order valence-electron chi connectivity index (χ0n) is 39.2. The summed E-state index contributed by atoms with van der Waals surface area (Å²) < 4.78 is 0. The second-order valence-electron chi connectivity index (χ2n) is 13.5. The van der Waals surface area contributed by atoms with Crippen molar-refractivity contribution in [1.82, 2.24) is 19.6 Å². The van der Waals surface area contributed by atoms with Crippen LogP contribution in [0, 0.1) is 21.6 Å². The lowest BCUT2D eigenvalue weighted by molar-refractivity contribution is -0.141. The molecule has 0 atom stereocenters. The summed E-state index contributed by atoms with van der Waals surface area (Å²) in [7, 11) is 14.8. The standard InChI is InChI=1S/2C6H14O3.2C5H13N3.3C4H6O3.C2H4O2.CH2O3/c2*1-2-6(3-7,4-8)5-9;2*1-7(2)5(6)8(3)4;3*1-3(5)2-4(6)7;1-2(3)4;2-1(3)4/h2*7-9H,2-5H2,1H3;2*6H,1-4H3;3*2H2,1H3,(H,6,7);1H3,(H,3,4);(H2,2,3,4). The van der Waals surface area contributed by atoms with Crippen LogP contribution in [0.25, 0.3) is 0 Å². The molecule has 0 unspecified atom stereocenters. The van der Waals surface area contributed by atoms with Gasteiger partial charge in [0.1, 0.15) is 36.6 Å². The Morgan fingerprint density at radius 2 is 0.524 bits per heavy atom. The fraction of sp³-hybridized carbons (Fsp3) is 0.730. The molecule has 0 radical (unpaired) electrons. The van der Waals surface area contributed by atoms with Gasteiger partial charge >= 0.3 is 24.1 Å². The maximum absolute atomic E-state index is 9.87. The zero-order chi connectivity index (χ0) is 52.9. The fourth-order valence-corrected chi connectivity index (χ4v) is 2.41. The molecule has 0 saturated heterocycles. The number of hydrogen-bond donors (Lipinski definition) is 14. The van der Waals surface area contributed by atoms with Crippen molar-refractivity contribution in [3.63, 3.8) is 0 Å². The van der Waals surface area contributed by atoms with Crippen LogP contribution in [0.3, 0.4) is 0 Å². The molecule has 0 spiro atoms. The van der Waals surface area contributed by atoms with Crippen molar-refractivity contribution in [3.8, 4) is 0 Å². The van der Waals surface area contributed by atoms with E-state index in [0.29, 0.717) is 24.8 Å². The van der Waals surface area contributed by atoms with Crippen LogP contribution in [-0.2, 0) is 33.6 Å². The van der Waals surface area contributed by atoms with Crippen LogP contribution in [0.2, 0.25) is 0 Å². The summed E-state index contributed by atoms with van der Waals surface area (Å²) in [4.78, 5) is 82.9. The topological polar surface area (TPSA) is 440 Å². The van der Waals surface area contributed by atoms with Crippen LogP contribution in [0.1, 0.15) is 73.6 Å². The lowest BCUT2D eigenvalue weighted by Gasteiger charge is -2.24. The minimum Gasteiger partial charge on any atom is -0.481 e. The van der Waals surface area contributed by atoms with Gasteiger partial charge in [0.15, 0.2) is 11.9 Å². The SMILES string of the molecule is CC(=O)CC(=O)O.CC(=O)CC(=O)O.CC(=O)CC(=O)O.CC(=O)O.CCC(CO)(CO)CO.CCC(CO)(CO)CO.CN(C)C(=N)N(C)C.CN(C)C(=N)N(C)C.O=C(O)O. The predicted molar refractivity (Wildman–Crippen MR) is 231 cm³/mol. The molecule has 0 aromatic carbocycles. The largest absolute Gasteiger partial charge is 0.503 e. The Hall–Kier alpha value is -5.54. The van der Waals surface area contributed by atoms with E-state index < -0.39 is 40.9 Å². The third-order valence-corrected chi connectivity index (χ3v) is 6.41. The van der Waals surface area contributed by atoms with Gasteiger partial charge in [0.2, 0.25) is 0 Å². The number of ketones is 3. The Morgan fingerprint density at radius 3 is 0.524 bits per heavy atom. The number of aliphatic hydroxyl groups excluding tert-OH is 6. The molecule has 26 heteroatoms. The molecule has 0 amide bonds. The van der Waals surface area contributed by atoms with Gasteiger partial charge in [-0.05, 0) is 33.6 Å². The van der Waals surface area contributed by atoms with Gasteiger partial charge in [-0.15, -0.1) is 0 Å². The second kappa shape index (κ2) is 49.1. The van der Waals surface area contributed by atoms with E-state index in [9.17, 15) is 28.8 Å². The Kier molecular flexibility index (Phi) is 60.8. The number of nitrogens with one attached hydrogen (secondary N) is 2. The molecule has 14 N–H and O–H groups in total. The number of nitrogens with zero attached hydrogens (tertiary/aromatic N) is 4. The summed E-state index contributed by atoms with van der Waals surface area (Å²) in [5.74, 6) is -3.92. The predicted octanol–water partition coefficient (Wildman–Crippen LogP) is -0.728. The van der Waals surface area contributed by atoms with Crippen LogP contribution >= 0.6 is 0 Å². The lowest BCUT2D eigenvalue weighted by Crippen LogP contribution is -2.34. The molecule has 63 heavy (non-hydrogen) atoms. The highest BCUT2D eigenvalue weighted by atomic mass is 16.6. The number of aliphatic carboxylic acids is 4. The smallest absolute Gasteiger partial charge is 0.481 e. The van der Waals surface area contributed by atoms with Crippen molar-refractivity contribution in [2.45, 2.75) is 73.6 Å². The summed E-state index contributed by atoms with van der Waals surface area (Å²) in [6, 6.07) is 0. The molecule has 0 aliphatic heterocycles. The van der Waals surface area contributed by atoms with Gasteiger partial charge in [0.05, 0.1) is 39.6 Å². The average molecular weight is 927 g/mol. The molecule has 376 valence electrons. The minimum absolute atomic E-state index is 0.156. The summed E-state index contributed by atoms with van der Waals surface area (Å²) >= 11 is 0. The van der Waals surface area contributed by atoms with E-state index in [1.54, 1.807) is 19.6 Å². The molecule has 0 heterocycles. The fourth-order valence-electron chi connectivity index (χ4n) is 2.41. The van der Waals surface area contributed by atoms with Gasteiger partial charge < -0.3 is 80.9 Å². The number of hydrogen-bond acceptors (Lipinski definition) is 16. The number of rotatable bonds is 14. The molecule has 0 aromatic heterocycles. The van der Waals surface area contributed by atoms with Crippen molar-refractivity contribution in [3.05, 3.63) is 0 Å². The number of guanidine groups is 2. The van der Waals surface area contributed by atoms with E-state index in [0.717, 1.165) is 6.92 Å². The third kappa shape index (κ3) is 77.6. The number of carboxylic acids is 4. The molecule has 0 bridgehead atoms. The number of aliphatic hydroxyl groups is 6. The molecule has 0 saturated carbocycles. The molecule has 26 nitrogen and oxygen atoms in total. The van der Waals surface area contributed by atoms with Crippen LogP contribution < -0.4 is 0 Å². The highest BCUT2D eigenvalue weighted by Gasteiger charge is 2.25. The maximum atomic E-state index is 9.87. The Bertz CT molecular complexity index is 1050. The Balaban J connectivity index is -0.0000000751. The number of Topliss-reactive ketones (excluding diaryl/α,β-unsaturated/α-hetero) is 3. The zero-order valence-corrected chi connectivity index (χ0v) is 39.2. The summed E-state index contributed by atoms with van der Waals surface area (Å²) in [6.07, 6.45) is -1.73. The van der Waals surface area contributed by atoms with Gasteiger partial charge in [-0.2, -0.15) is 0 Å². The maximum Gasteiger partial charge on any atom is 0.503 e. The summed E-state index contributed by atoms with van der Waals surface area (Å²) in [5, 5.41) is 111. The highest BCUT2D eigenvalue weighted by molar-refractivity contribution is 5.94. The van der Waals surface area contributed by atoms with Crippen LogP contribution in [0.4, 0.5) is 4.79 Å². The van der Waals surface area contributed by atoms with E-state index >= 15 is 0 Å². The van der Waals surface area contributed by atoms with Crippen molar-refractivity contribution in [1.29, 1.82) is 10.8 Å². The Labute approximate surface area is 369 Å². The van der Waals surface area contributed by atoms with Gasteiger partial charge in [-0.25, -0.2) is 4.79 Å². The van der Waals surface area contributed by atoms with Crippen LogP contribution in [0.15, 0.2) is 0 Å². The number of carbonyl (C=O) groups is 8. The molecule has 0 aromatic rings. The first-order valence-electron chi connectivity index (χ1n) is 18.2. The van der Waals surface area contributed by atoms with Crippen LogP contribution in [-0.4, -0.2) is 236 Å². The number of carbonyl (C=O) groups excluding carboxylic acids is 3. The monoisotopic (exact) mass is 927 g/mol. The quantitative estimate of drug-likeness (QED) is 0.0580. The van der Waals surface area contributed by atoms with Gasteiger partial charge in [0.25, 0.3) is 5.97 Å². The van der Waals surface area contributed by atoms with E-state index in [1.165, 1.54) is 20.8 Å². The Morgan fingerprint density at radius 1 is 0.397 bits per heavy atom. The normalized spacial score (nSPS) is 9.08. The lowest BCUT2D eigenvalue weighted by atomic mass is 9.88. The van der Waals surface area contributed by atoms with E-state index in [2.05, 4.69) is 0 Å². The second-order valence-corrected chi connectivity index (χ2v) is 13.5. The van der Waals surface area contributed by atoms with Gasteiger partial charge in [-0.3, -0.25) is 44.4 Å². The molecule has 0 rings (SSSR count). The average Bonchev–Trinajstić information content (AvgIpc) is 3.12. The van der Waals surface area contributed by atoms with Crippen LogP contribution in [0.5, 0.6) is 0 Å². The first-order chi connectivity index (χ1) is 28.4. The molecule has 0 fully saturated rings. The molecule has 0 aliphatic rings. The minimum atomic E-state index is -1.83. The number of carboxylic acid groups (broad SMARTS) is 6. The van der Waals surface area contributed by atoms with Gasteiger partial charge in [-0.1, -0.05) is 13.8 Å². The van der Waals surface area contributed by atoms with E-state index in [1.807, 2.05) is 70.2 Å². The molecule has 0 aliphatic carbocycles. The van der Waals surface area contributed by atoms with E-state index in [-0.39, 0.29) is 76.3 Å². The van der Waals surface area contributed by atoms with Gasteiger partial charge in [0, 0.05) is 74.1 Å². The van der Waals surface area contributed by atoms with E-state index in [4.69, 9.17) is 81.7 Å². The highest BCUT2D eigenvalue weighted by Crippen LogP contribution is 2.19. The first-order valence-corrected chi connectivity index (χ1v) is 18.2. The van der Waals surface area contributed by atoms with Crippen molar-refractivity contribution in [2.24, 2.45) is 10.8 Å². The van der Waals surface area contributed by atoms with Crippen molar-refractivity contribution < 1.29 is 99.6 Å². The van der Waals surface area contributed by atoms with Crippen molar-refractivity contribution in [2.75, 3.05) is 96.0 Å². The summed E-state index contributed by atoms with van der Waals surface area (Å²) in [5.41, 5.74) is -1.33. The third-order valence-electron chi connectivity index (χ3n) is 6.41. The molecular formula is C37H78N6O20. The first kappa shape index (κ1) is 78.0. The molecular weight excluding hydrogens is 848 g/mol. The summed E-state index contributed by atoms with van der Waals surface area (Å²) in [6.45, 7) is 7.52. The van der Waals surface area contributed by atoms with Crippen molar-refractivity contribution >= 4 is 59.3 Å².